The third-order valence-electron chi connectivity index (χ3n) is 3.20. The van der Waals surface area contributed by atoms with Crippen molar-refractivity contribution in [3.8, 4) is 17.2 Å². The van der Waals surface area contributed by atoms with E-state index in [0.29, 0.717) is 17.2 Å². The third-order valence-corrected chi connectivity index (χ3v) is 3.20. The highest BCUT2D eigenvalue weighted by Gasteiger charge is 2.07. The SMILES string of the molecule is COc1cccc(OCC(=O)NNC(=O)COc2ccccc2C)c1. The van der Waals surface area contributed by atoms with Crippen molar-refractivity contribution < 1.29 is 23.8 Å². The second-order valence-corrected chi connectivity index (χ2v) is 5.12. The molecule has 0 aliphatic rings. The number of rotatable bonds is 7. The van der Waals surface area contributed by atoms with Crippen LogP contribution in [-0.4, -0.2) is 32.1 Å². The predicted octanol–water partition coefficient (Wildman–Crippen LogP) is 1.61. The number of para-hydroxylation sites is 1. The summed E-state index contributed by atoms with van der Waals surface area (Å²) in [7, 11) is 1.54. The molecule has 0 unspecified atom stereocenters. The Morgan fingerprint density at radius 2 is 1.52 bits per heavy atom. The van der Waals surface area contributed by atoms with Gasteiger partial charge in [0.2, 0.25) is 0 Å². The van der Waals surface area contributed by atoms with E-state index in [-0.39, 0.29) is 13.2 Å². The summed E-state index contributed by atoms with van der Waals surface area (Å²) in [5.41, 5.74) is 5.44. The number of nitrogens with one attached hydrogen (secondary N) is 2. The van der Waals surface area contributed by atoms with Crippen molar-refractivity contribution in [2.45, 2.75) is 6.92 Å². The van der Waals surface area contributed by atoms with Crippen molar-refractivity contribution in [2.75, 3.05) is 20.3 Å². The lowest BCUT2D eigenvalue weighted by molar-refractivity contribution is -0.131. The summed E-state index contributed by atoms with van der Waals surface area (Å²) >= 11 is 0. The summed E-state index contributed by atoms with van der Waals surface area (Å²) in [6.07, 6.45) is 0. The lowest BCUT2D eigenvalue weighted by atomic mass is 10.2. The molecule has 0 bridgehead atoms. The van der Waals surface area contributed by atoms with Crippen LogP contribution in [0, 0.1) is 6.92 Å². The Labute approximate surface area is 145 Å². The highest BCUT2D eigenvalue weighted by molar-refractivity contribution is 5.83. The van der Waals surface area contributed by atoms with Crippen molar-refractivity contribution >= 4 is 11.8 Å². The Bertz CT molecular complexity index is 733. The lowest BCUT2D eigenvalue weighted by Gasteiger charge is -2.11. The molecular weight excluding hydrogens is 324 g/mol. The smallest absolute Gasteiger partial charge is 0.276 e. The van der Waals surface area contributed by atoms with Crippen LogP contribution >= 0.6 is 0 Å². The van der Waals surface area contributed by atoms with Crippen LogP contribution in [0.2, 0.25) is 0 Å². The molecule has 0 aliphatic carbocycles. The van der Waals surface area contributed by atoms with E-state index in [1.807, 2.05) is 25.1 Å². The van der Waals surface area contributed by atoms with Crippen molar-refractivity contribution in [2.24, 2.45) is 0 Å². The molecule has 25 heavy (non-hydrogen) atoms. The van der Waals surface area contributed by atoms with E-state index in [0.717, 1.165) is 5.56 Å². The minimum absolute atomic E-state index is 0.206. The molecule has 2 rings (SSSR count). The van der Waals surface area contributed by atoms with Crippen LogP contribution in [-0.2, 0) is 9.59 Å². The Kier molecular flexibility index (Phi) is 6.65. The van der Waals surface area contributed by atoms with Gasteiger partial charge in [-0.15, -0.1) is 0 Å². The monoisotopic (exact) mass is 344 g/mol. The molecular formula is C18H20N2O5. The molecule has 0 heterocycles. The summed E-state index contributed by atoms with van der Waals surface area (Å²) in [5.74, 6) is 0.763. The maximum Gasteiger partial charge on any atom is 0.276 e. The van der Waals surface area contributed by atoms with Gasteiger partial charge in [-0.3, -0.25) is 20.4 Å². The average Bonchev–Trinajstić information content (AvgIpc) is 2.64. The normalized spacial score (nSPS) is 9.84. The van der Waals surface area contributed by atoms with Crippen LogP contribution in [0.4, 0.5) is 0 Å². The molecule has 2 aromatic carbocycles. The van der Waals surface area contributed by atoms with E-state index in [1.165, 1.54) is 0 Å². The number of ether oxygens (including phenoxy) is 3. The molecule has 0 aromatic heterocycles. The standard InChI is InChI=1S/C18H20N2O5/c1-13-6-3-4-9-16(13)25-12-18(22)20-19-17(21)11-24-15-8-5-7-14(10-15)23-2/h3-10H,11-12H2,1-2H3,(H,19,21)(H,20,22). The second kappa shape index (κ2) is 9.17. The summed E-state index contributed by atoms with van der Waals surface area (Å²) in [6.45, 7) is 1.43. The number of hydrazine groups is 1. The number of carbonyl (C=O) groups excluding carboxylic acids is 2. The topological polar surface area (TPSA) is 85.9 Å². The number of aryl methyl sites for hydroxylation is 1. The second-order valence-electron chi connectivity index (χ2n) is 5.12. The van der Waals surface area contributed by atoms with Gasteiger partial charge in [-0.1, -0.05) is 24.3 Å². The molecule has 0 radical (unpaired) electrons. The van der Waals surface area contributed by atoms with Gasteiger partial charge in [-0.25, -0.2) is 0 Å². The van der Waals surface area contributed by atoms with Gasteiger partial charge in [0.1, 0.15) is 17.2 Å². The van der Waals surface area contributed by atoms with Gasteiger partial charge in [0, 0.05) is 6.07 Å². The summed E-state index contributed by atoms with van der Waals surface area (Å²) < 4.78 is 15.8. The van der Waals surface area contributed by atoms with E-state index in [9.17, 15) is 9.59 Å². The quantitative estimate of drug-likeness (QED) is 0.745. The summed E-state index contributed by atoms with van der Waals surface area (Å²) in [4.78, 5) is 23.4. The number of hydrogen-bond donors (Lipinski definition) is 2. The van der Waals surface area contributed by atoms with Crippen LogP contribution < -0.4 is 25.1 Å². The molecule has 7 heteroatoms. The van der Waals surface area contributed by atoms with Gasteiger partial charge in [-0.2, -0.15) is 0 Å². The van der Waals surface area contributed by atoms with Crippen molar-refractivity contribution in [1.29, 1.82) is 0 Å². The molecule has 132 valence electrons. The van der Waals surface area contributed by atoms with Gasteiger partial charge in [0.05, 0.1) is 7.11 Å². The average molecular weight is 344 g/mol. The molecule has 0 saturated carbocycles. The molecule has 0 atom stereocenters. The van der Waals surface area contributed by atoms with Gasteiger partial charge in [0.15, 0.2) is 13.2 Å². The lowest BCUT2D eigenvalue weighted by Crippen LogP contribution is -2.45. The largest absolute Gasteiger partial charge is 0.497 e. The van der Waals surface area contributed by atoms with Gasteiger partial charge < -0.3 is 14.2 Å². The predicted molar refractivity (Wildman–Crippen MR) is 91.4 cm³/mol. The van der Waals surface area contributed by atoms with E-state index >= 15 is 0 Å². The Balaban J connectivity index is 1.68. The van der Waals surface area contributed by atoms with Crippen molar-refractivity contribution in [3.63, 3.8) is 0 Å². The molecule has 2 amide bonds. The van der Waals surface area contributed by atoms with Gasteiger partial charge in [-0.05, 0) is 30.7 Å². The first-order chi connectivity index (χ1) is 12.1. The highest BCUT2D eigenvalue weighted by Crippen LogP contribution is 2.18. The van der Waals surface area contributed by atoms with Crippen LogP contribution in [0.5, 0.6) is 17.2 Å². The first-order valence-electron chi connectivity index (χ1n) is 7.61. The maximum absolute atomic E-state index is 11.7. The molecule has 0 fully saturated rings. The maximum atomic E-state index is 11.7. The molecule has 7 nitrogen and oxygen atoms in total. The van der Waals surface area contributed by atoms with Crippen LogP contribution in [0.25, 0.3) is 0 Å². The van der Waals surface area contributed by atoms with Crippen molar-refractivity contribution in [1.82, 2.24) is 10.9 Å². The third kappa shape index (κ3) is 6.06. The van der Waals surface area contributed by atoms with E-state index in [4.69, 9.17) is 14.2 Å². The number of hydrogen-bond acceptors (Lipinski definition) is 5. The molecule has 0 aliphatic heterocycles. The molecule has 0 saturated heterocycles. The number of benzene rings is 2. The fourth-order valence-electron chi connectivity index (χ4n) is 1.91. The van der Waals surface area contributed by atoms with E-state index < -0.39 is 11.8 Å². The fraction of sp³-hybridized carbons (Fsp3) is 0.222. The van der Waals surface area contributed by atoms with Gasteiger partial charge in [0.25, 0.3) is 11.8 Å². The van der Waals surface area contributed by atoms with Gasteiger partial charge >= 0.3 is 0 Å². The van der Waals surface area contributed by atoms with Crippen molar-refractivity contribution in [3.05, 3.63) is 54.1 Å². The molecule has 2 aromatic rings. The Hall–Kier alpha value is -3.22. The number of methoxy groups -OCH3 is 1. The zero-order chi connectivity index (χ0) is 18.1. The highest BCUT2D eigenvalue weighted by atomic mass is 16.5. The zero-order valence-electron chi connectivity index (χ0n) is 14.1. The minimum atomic E-state index is -0.493. The number of carbonyl (C=O) groups is 2. The van der Waals surface area contributed by atoms with E-state index in [1.54, 1.807) is 37.4 Å². The van der Waals surface area contributed by atoms with E-state index in [2.05, 4.69) is 10.9 Å². The zero-order valence-corrected chi connectivity index (χ0v) is 14.1. The summed E-state index contributed by atoms with van der Waals surface area (Å²) in [5, 5.41) is 0. The van der Waals surface area contributed by atoms with Crippen LogP contribution in [0.3, 0.4) is 0 Å². The molecule has 2 N–H and O–H groups in total. The number of amides is 2. The van der Waals surface area contributed by atoms with Crippen LogP contribution in [0.1, 0.15) is 5.56 Å². The van der Waals surface area contributed by atoms with Crippen LogP contribution in [0.15, 0.2) is 48.5 Å². The molecule has 0 spiro atoms. The first-order valence-corrected chi connectivity index (χ1v) is 7.61. The first kappa shape index (κ1) is 18.1. The minimum Gasteiger partial charge on any atom is -0.497 e. The summed E-state index contributed by atoms with van der Waals surface area (Å²) in [6, 6.07) is 14.2. The Morgan fingerprint density at radius 3 is 2.20 bits per heavy atom. The fourth-order valence-corrected chi connectivity index (χ4v) is 1.91. The Morgan fingerprint density at radius 1 is 0.880 bits per heavy atom.